The summed E-state index contributed by atoms with van der Waals surface area (Å²) >= 11 is 1.99. The Morgan fingerprint density at radius 3 is 2.38 bits per heavy atom. The quantitative estimate of drug-likeness (QED) is 0.647. The van der Waals surface area contributed by atoms with E-state index in [0.29, 0.717) is 0 Å². The lowest BCUT2D eigenvalue weighted by Gasteiger charge is -2.06. The van der Waals surface area contributed by atoms with Crippen LogP contribution >= 0.6 is 11.8 Å². The van der Waals surface area contributed by atoms with Crippen molar-refractivity contribution in [2.24, 2.45) is 0 Å². The van der Waals surface area contributed by atoms with Gasteiger partial charge in [-0.1, -0.05) is 6.92 Å². The summed E-state index contributed by atoms with van der Waals surface area (Å²) in [7, 11) is 1.67. The number of thioether (sulfide) groups is 1. The average molecular weight is 240 g/mol. The van der Waals surface area contributed by atoms with Gasteiger partial charge in [0, 0.05) is 0 Å². The van der Waals surface area contributed by atoms with Gasteiger partial charge in [0.05, 0.1) is 13.7 Å². The first-order chi connectivity index (χ1) is 7.86. The van der Waals surface area contributed by atoms with Crippen LogP contribution in [0.15, 0.2) is 24.3 Å². The first-order valence-corrected chi connectivity index (χ1v) is 6.87. The van der Waals surface area contributed by atoms with E-state index in [1.807, 2.05) is 36.0 Å². The molecule has 0 spiro atoms. The Bertz CT molecular complexity index is 272. The molecule has 16 heavy (non-hydrogen) atoms. The number of hydrogen-bond acceptors (Lipinski definition) is 3. The second kappa shape index (κ2) is 8.34. The Labute approximate surface area is 102 Å². The predicted molar refractivity (Wildman–Crippen MR) is 70.7 cm³/mol. The fourth-order valence-corrected chi connectivity index (χ4v) is 2.01. The normalized spacial score (nSPS) is 10.1. The van der Waals surface area contributed by atoms with E-state index in [4.69, 9.17) is 9.47 Å². The smallest absolute Gasteiger partial charge is 0.119 e. The zero-order chi connectivity index (χ0) is 11.6. The van der Waals surface area contributed by atoms with Crippen molar-refractivity contribution in [2.75, 3.05) is 25.2 Å². The minimum Gasteiger partial charge on any atom is -0.497 e. The highest BCUT2D eigenvalue weighted by Gasteiger charge is 1.95. The molecule has 1 aromatic rings. The molecule has 0 unspecified atom stereocenters. The number of unbranched alkanes of at least 4 members (excludes halogenated alkanes) is 1. The monoisotopic (exact) mass is 240 g/mol. The molecule has 0 aliphatic rings. The van der Waals surface area contributed by atoms with Gasteiger partial charge in [0.1, 0.15) is 11.5 Å². The third-order valence-corrected chi connectivity index (χ3v) is 3.20. The van der Waals surface area contributed by atoms with Crippen molar-refractivity contribution < 1.29 is 9.47 Å². The molecule has 0 N–H and O–H groups in total. The van der Waals surface area contributed by atoms with E-state index in [1.165, 1.54) is 17.9 Å². The van der Waals surface area contributed by atoms with Gasteiger partial charge in [-0.25, -0.2) is 0 Å². The van der Waals surface area contributed by atoms with Gasteiger partial charge < -0.3 is 9.47 Å². The van der Waals surface area contributed by atoms with Crippen molar-refractivity contribution in [3.8, 4) is 11.5 Å². The fraction of sp³-hybridized carbons (Fsp3) is 0.538. The standard InChI is InChI=1S/C13H20O2S/c1-3-16-11-5-4-10-15-13-8-6-12(14-2)7-9-13/h6-9H,3-5,10-11H2,1-2H3. The summed E-state index contributed by atoms with van der Waals surface area (Å²) in [5.41, 5.74) is 0. The largest absolute Gasteiger partial charge is 0.497 e. The topological polar surface area (TPSA) is 18.5 Å². The van der Waals surface area contributed by atoms with Gasteiger partial charge in [0.2, 0.25) is 0 Å². The summed E-state index contributed by atoms with van der Waals surface area (Å²) in [6.07, 6.45) is 2.35. The highest BCUT2D eigenvalue weighted by atomic mass is 32.2. The first kappa shape index (κ1) is 13.2. The molecule has 0 amide bonds. The Morgan fingerprint density at radius 1 is 1.06 bits per heavy atom. The van der Waals surface area contributed by atoms with Gasteiger partial charge in [-0.3, -0.25) is 0 Å². The zero-order valence-electron chi connectivity index (χ0n) is 10.1. The average Bonchev–Trinajstić information content (AvgIpc) is 2.34. The van der Waals surface area contributed by atoms with Crippen LogP contribution in [-0.2, 0) is 0 Å². The molecule has 1 rings (SSSR count). The lowest BCUT2D eigenvalue weighted by Crippen LogP contribution is -1.98. The number of benzene rings is 1. The number of hydrogen-bond donors (Lipinski definition) is 0. The number of rotatable bonds is 8. The summed E-state index contributed by atoms with van der Waals surface area (Å²) in [6.45, 7) is 3.00. The minimum atomic E-state index is 0.802. The van der Waals surface area contributed by atoms with E-state index < -0.39 is 0 Å². The van der Waals surface area contributed by atoms with E-state index in [0.717, 1.165) is 24.5 Å². The Morgan fingerprint density at radius 2 is 1.75 bits per heavy atom. The fourth-order valence-electron chi connectivity index (χ4n) is 1.31. The predicted octanol–water partition coefficient (Wildman–Crippen LogP) is 3.61. The van der Waals surface area contributed by atoms with Crippen LogP contribution in [0.1, 0.15) is 19.8 Å². The van der Waals surface area contributed by atoms with E-state index in [9.17, 15) is 0 Å². The number of ether oxygens (including phenoxy) is 2. The highest BCUT2D eigenvalue weighted by molar-refractivity contribution is 7.99. The number of methoxy groups -OCH3 is 1. The first-order valence-electron chi connectivity index (χ1n) is 5.71. The molecule has 0 bridgehead atoms. The van der Waals surface area contributed by atoms with Crippen LogP contribution in [-0.4, -0.2) is 25.2 Å². The maximum Gasteiger partial charge on any atom is 0.119 e. The molecular weight excluding hydrogens is 220 g/mol. The molecule has 0 aromatic heterocycles. The second-order valence-electron chi connectivity index (χ2n) is 3.43. The van der Waals surface area contributed by atoms with Gasteiger partial charge in [-0.2, -0.15) is 11.8 Å². The van der Waals surface area contributed by atoms with Crippen molar-refractivity contribution in [3.63, 3.8) is 0 Å². The minimum absolute atomic E-state index is 0.802. The third kappa shape index (κ3) is 5.31. The van der Waals surface area contributed by atoms with E-state index in [-0.39, 0.29) is 0 Å². The molecule has 90 valence electrons. The van der Waals surface area contributed by atoms with Gasteiger partial charge >= 0.3 is 0 Å². The maximum atomic E-state index is 5.62. The van der Waals surface area contributed by atoms with E-state index in [1.54, 1.807) is 7.11 Å². The van der Waals surface area contributed by atoms with Crippen molar-refractivity contribution >= 4 is 11.8 Å². The molecule has 0 saturated carbocycles. The van der Waals surface area contributed by atoms with Crippen molar-refractivity contribution in [1.29, 1.82) is 0 Å². The summed E-state index contributed by atoms with van der Waals surface area (Å²) in [5, 5.41) is 0. The summed E-state index contributed by atoms with van der Waals surface area (Å²) in [6, 6.07) is 7.73. The van der Waals surface area contributed by atoms with Crippen LogP contribution in [0.4, 0.5) is 0 Å². The maximum absolute atomic E-state index is 5.62. The molecule has 1 aromatic carbocycles. The molecule has 2 nitrogen and oxygen atoms in total. The lowest BCUT2D eigenvalue weighted by molar-refractivity contribution is 0.309. The molecule has 0 saturated heterocycles. The van der Waals surface area contributed by atoms with Crippen LogP contribution in [0.2, 0.25) is 0 Å². The van der Waals surface area contributed by atoms with E-state index >= 15 is 0 Å². The Hall–Kier alpha value is -0.830. The van der Waals surface area contributed by atoms with Crippen LogP contribution in [0.5, 0.6) is 11.5 Å². The van der Waals surface area contributed by atoms with Crippen LogP contribution in [0, 0.1) is 0 Å². The molecule has 0 aliphatic heterocycles. The van der Waals surface area contributed by atoms with Crippen molar-refractivity contribution in [3.05, 3.63) is 24.3 Å². The molecule has 0 aliphatic carbocycles. The molecular formula is C13H20O2S. The zero-order valence-corrected chi connectivity index (χ0v) is 10.9. The molecule has 0 radical (unpaired) electrons. The molecule has 0 heterocycles. The summed E-state index contributed by atoms with van der Waals surface area (Å²) in [5.74, 6) is 4.23. The van der Waals surface area contributed by atoms with Crippen LogP contribution in [0.3, 0.4) is 0 Å². The summed E-state index contributed by atoms with van der Waals surface area (Å²) < 4.78 is 10.7. The second-order valence-corrected chi connectivity index (χ2v) is 4.82. The SMILES string of the molecule is CCSCCCCOc1ccc(OC)cc1. The third-order valence-electron chi connectivity index (χ3n) is 2.22. The Kier molecular flexibility index (Phi) is 6.90. The van der Waals surface area contributed by atoms with Crippen molar-refractivity contribution in [1.82, 2.24) is 0 Å². The molecule has 3 heteroatoms. The Balaban J connectivity index is 2.12. The van der Waals surface area contributed by atoms with Crippen LogP contribution < -0.4 is 9.47 Å². The van der Waals surface area contributed by atoms with Crippen LogP contribution in [0.25, 0.3) is 0 Å². The van der Waals surface area contributed by atoms with Gasteiger partial charge in [-0.15, -0.1) is 0 Å². The summed E-state index contributed by atoms with van der Waals surface area (Å²) in [4.78, 5) is 0. The van der Waals surface area contributed by atoms with E-state index in [2.05, 4.69) is 6.92 Å². The van der Waals surface area contributed by atoms with Gasteiger partial charge in [-0.05, 0) is 48.6 Å². The van der Waals surface area contributed by atoms with Gasteiger partial charge in [0.25, 0.3) is 0 Å². The van der Waals surface area contributed by atoms with Gasteiger partial charge in [0.15, 0.2) is 0 Å². The highest BCUT2D eigenvalue weighted by Crippen LogP contribution is 2.17. The molecule has 0 atom stereocenters. The molecule has 0 fully saturated rings. The van der Waals surface area contributed by atoms with Crippen molar-refractivity contribution in [2.45, 2.75) is 19.8 Å². The lowest BCUT2D eigenvalue weighted by atomic mass is 10.3.